The van der Waals surface area contributed by atoms with Gasteiger partial charge in [0.15, 0.2) is 0 Å². The predicted molar refractivity (Wildman–Crippen MR) is 62.4 cm³/mol. The average Bonchev–Trinajstić information content (AvgIpc) is 2.30. The first-order chi connectivity index (χ1) is 7.77. The zero-order valence-corrected chi connectivity index (χ0v) is 9.59. The lowest BCUT2D eigenvalue weighted by atomic mass is 10.1. The second kappa shape index (κ2) is 5.23. The Morgan fingerprint density at radius 1 is 1.50 bits per heavy atom. The first-order valence-corrected chi connectivity index (χ1v) is 5.64. The molecule has 2 heterocycles. The smallest absolute Gasteiger partial charge is 0.135 e. The van der Waals surface area contributed by atoms with Gasteiger partial charge in [-0.25, -0.2) is 9.97 Å². The second-order valence-corrected chi connectivity index (χ2v) is 4.15. The number of nitrogens with zero attached hydrogens (tertiary/aromatic N) is 3. The van der Waals surface area contributed by atoms with E-state index in [2.05, 4.69) is 14.9 Å². The van der Waals surface area contributed by atoms with Crippen LogP contribution in [0.4, 0.5) is 5.82 Å². The van der Waals surface area contributed by atoms with E-state index in [1.807, 2.05) is 13.1 Å². The number of ether oxygens (including phenoxy) is 1. The fourth-order valence-electron chi connectivity index (χ4n) is 1.90. The van der Waals surface area contributed by atoms with E-state index in [4.69, 9.17) is 10.5 Å². The number of rotatable bonds is 3. The standard InChI is InChI=1S/C11H18N4O/c1-9(12)6-10-7-13-8-14-11(10)15-2-4-16-5-3-15/h7-9H,2-6,12H2,1H3. The van der Waals surface area contributed by atoms with Gasteiger partial charge in [0.2, 0.25) is 0 Å². The highest BCUT2D eigenvalue weighted by Crippen LogP contribution is 2.18. The molecule has 0 saturated carbocycles. The number of hydrogen-bond donors (Lipinski definition) is 1. The average molecular weight is 222 g/mol. The summed E-state index contributed by atoms with van der Waals surface area (Å²) in [6, 6.07) is 0.130. The summed E-state index contributed by atoms with van der Waals surface area (Å²) in [7, 11) is 0. The molecule has 1 saturated heterocycles. The van der Waals surface area contributed by atoms with Crippen LogP contribution < -0.4 is 10.6 Å². The quantitative estimate of drug-likeness (QED) is 0.791. The maximum atomic E-state index is 5.82. The van der Waals surface area contributed by atoms with Gasteiger partial charge in [0.1, 0.15) is 12.1 Å². The normalized spacial score (nSPS) is 18.5. The summed E-state index contributed by atoms with van der Waals surface area (Å²) < 4.78 is 5.33. The molecule has 1 atom stereocenters. The maximum Gasteiger partial charge on any atom is 0.135 e. The number of morpholine rings is 1. The van der Waals surface area contributed by atoms with Gasteiger partial charge in [0.05, 0.1) is 13.2 Å². The van der Waals surface area contributed by atoms with E-state index in [1.54, 1.807) is 6.33 Å². The Bertz CT molecular complexity index is 337. The summed E-state index contributed by atoms with van der Waals surface area (Å²) in [4.78, 5) is 10.7. The lowest BCUT2D eigenvalue weighted by molar-refractivity contribution is 0.122. The molecule has 1 aliphatic rings. The molecular weight excluding hydrogens is 204 g/mol. The minimum atomic E-state index is 0.130. The van der Waals surface area contributed by atoms with E-state index in [0.29, 0.717) is 0 Å². The minimum Gasteiger partial charge on any atom is -0.378 e. The third-order valence-electron chi connectivity index (χ3n) is 2.62. The van der Waals surface area contributed by atoms with Gasteiger partial charge < -0.3 is 15.4 Å². The van der Waals surface area contributed by atoms with Crippen molar-refractivity contribution in [3.05, 3.63) is 18.1 Å². The fourth-order valence-corrected chi connectivity index (χ4v) is 1.90. The van der Waals surface area contributed by atoms with Crippen molar-refractivity contribution in [2.24, 2.45) is 5.73 Å². The first-order valence-electron chi connectivity index (χ1n) is 5.64. The summed E-state index contributed by atoms with van der Waals surface area (Å²) in [5, 5.41) is 0. The molecule has 88 valence electrons. The van der Waals surface area contributed by atoms with Crippen molar-refractivity contribution in [1.82, 2.24) is 9.97 Å². The molecule has 0 aromatic carbocycles. The Kier molecular flexibility index (Phi) is 3.69. The summed E-state index contributed by atoms with van der Waals surface area (Å²) in [5.74, 6) is 1.01. The summed E-state index contributed by atoms with van der Waals surface area (Å²) in [6.45, 7) is 5.31. The fraction of sp³-hybridized carbons (Fsp3) is 0.636. The van der Waals surface area contributed by atoms with Crippen LogP contribution in [0.5, 0.6) is 0 Å². The third kappa shape index (κ3) is 2.68. The molecule has 5 heteroatoms. The predicted octanol–water partition coefficient (Wildman–Crippen LogP) is 0.203. The molecule has 0 aliphatic carbocycles. The molecule has 2 rings (SSSR count). The van der Waals surface area contributed by atoms with Crippen LogP contribution in [-0.4, -0.2) is 42.3 Å². The number of aromatic nitrogens is 2. The van der Waals surface area contributed by atoms with Crippen LogP contribution >= 0.6 is 0 Å². The lowest BCUT2D eigenvalue weighted by Crippen LogP contribution is -2.37. The Labute approximate surface area is 95.6 Å². The van der Waals surface area contributed by atoms with Gasteiger partial charge in [-0.3, -0.25) is 0 Å². The Balaban J connectivity index is 2.17. The first kappa shape index (κ1) is 11.3. The van der Waals surface area contributed by atoms with E-state index < -0.39 is 0 Å². The molecule has 0 spiro atoms. The van der Waals surface area contributed by atoms with Gasteiger partial charge in [-0.2, -0.15) is 0 Å². The molecule has 2 N–H and O–H groups in total. The molecule has 0 bridgehead atoms. The zero-order valence-electron chi connectivity index (χ0n) is 9.59. The third-order valence-corrected chi connectivity index (χ3v) is 2.62. The maximum absolute atomic E-state index is 5.82. The van der Waals surface area contributed by atoms with Gasteiger partial charge in [0, 0.05) is 30.9 Å². The van der Waals surface area contributed by atoms with Crippen LogP contribution in [0.2, 0.25) is 0 Å². The summed E-state index contributed by atoms with van der Waals surface area (Å²) >= 11 is 0. The van der Waals surface area contributed by atoms with E-state index in [9.17, 15) is 0 Å². The van der Waals surface area contributed by atoms with Gasteiger partial charge in [-0.15, -0.1) is 0 Å². The number of nitrogens with two attached hydrogens (primary N) is 1. The molecule has 1 unspecified atom stereocenters. The van der Waals surface area contributed by atoms with Crippen molar-refractivity contribution in [3.63, 3.8) is 0 Å². The van der Waals surface area contributed by atoms with Crippen LogP contribution in [0.25, 0.3) is 0 Å². The molecule has 1 aromatic rings. The molecule has 5 nitrogen and oxygen atoms in total. The highest BCUT2D eigenvalue weighted by molar-refractivity contribution is 5.46. The van der Waals surface area contributed by atoms with Gasteiger partial charge in [-0.1, -0.05) is 0 Å². The van der Waals surface area contributed by atoms with E-state index in [0.717, 1.165) is 44.1 Å². The Morgan fingerprint density at radius 3 is 2.94 bits per heavy atom. The molecule has 0 radical (unpaired) electrons. The van der Waals surface area contributed by atoms with Crippen molar-refractivity contribution >= 4 is 5.82 Å². The van der Waals surface area contributed by atoms with E-state index in [-0.39, 0.29) is 6.04 Å². The molecular formula is C11H18N4O. The Morgan fingerprint density at radius 2 is 2.25 bits per heavy atom. The van der Waals surface area contributed by atoms with Gasteiger partial charge in [-0.05, 0) is 13.3 Å². The number of hydrogen-bond acceptors (Lipinski definition) is 5. The summed E-state index contributed by atoms with van der Waals surface area (Å²) in [5.41, 5.74) is 6.95. The van der Waals surface area contributed by atoms with Crippen LogP contribution in [0.1, 0.15) is 12.5 Å². The van der Waals surface area contributed by atoms with Gasteiger partial charge in [0.25, 0.3) is 0 Å². The van der Waals surface area contributed by atoms with Crippen molar-refractivity contribution in [1.29, 1.82) is 0 Å². The molecule has 1 fully saturated rings. The van der Waals surface area contributed by atoms with Crippen molar-refractivity contribution in [2.45, 2.75) is 19.4 Å². The van der Waals surface area contributed by atoms with Crippen LogP contribution in [0, 0.1) is 0 Å². The highest BCUT2D eigenvalue weighted by Gasteiger charge is 2.16. The van der Waals surface area contributed by atoms with Crippen molar-refractivity contribution in [3.8, 4) is 0 Å². The van der Waals surface area contributed by atoms with Crippen molar-refractivity contribution in [2.75, 3.05) is 31.2 Å². The minimum absolute atomic E-state index is 0.130. The molecule has 1 aliphatic heterocycles. The molecule has 0 amide bonds. The molecule has 1 aromatic heterocycles. The SMILES string of the molecule is CC(N)Cc1cncnc1N1CCOCC1. The van der Waals surface area contributed by atoms with E-state index >= 15 is 0 Å². The Hall–Kier alpha value is -1.20. The monoisotopic (exact) mass is 222 g/mol. The van der Waals surface area contributed by atoms with Gasteiger partial charge >= 0.3 is 0 Å². The van der Waals surface area contributed by atoms with E-state index in [1.165, 1.54) is 0 Å². The van der Waals surface area contributed by atoms with Crippen LogP contribution in [0.15, 0.2) is 12.5 Å². The van der Waals surface area contributed by atoms with Crippen LogP contribution in [-0.2, 0) is 11.2 Å². The topological polar surface area (TPSA) is 64.3 Å². The van der Waals surface area contributed by atoms with Crippen LogP contribution in [0.3, 0.4) is 0 Å². The summed E-state index contributed by atoms with van der Waals surface area (Å²) in [6.07, 6.45) is 4.27. The van der Waals surface area contributed by atoms with Crippen molar-refractivity contribution < 1.29 is 4.74 Å². The molecule has 16 heavy (non-hydrogen) atoms. The number of anilines is 1. The lowest BCUT2D eigenvalue weighted by Gasteiger charge is -2.29. The second-order valence-electron chi connectivity index (χ2n) is 4.15. The zero-order chi connectivity index (χ0) is 11.4. The largest absolute Gasteiger partial charge is 0.378 e. The highest BCUT2D eigenvalue weighted by atomic mass is 16.5.